The van der Waals surface area contributed by atoms with Crippen LogP contribution in [0.4, 0.5) is 0 Å². The highest BCUT2D eigenvalue weighted by atomic mass is 35.5. The molecule has 2 heterocycles. The van der Waals surface area contributed by atoms with Gasteiger partial charge in [-0.2, -0.15) is 0 Å². The quantitative estimate of drug-likeness (QED) is 0.856. The van der Waals surface area contributed by atoms with Gasteiger partial charge in [0.25, 0.3) is 0 Å². The van der Waals surface area contributed by atoms with Crippen LogP contribution in [0.5, 0.6) is 0 Å². The van der Waals surface area contributed by atoms with E-state index in [4.69, 9.17) is 11.6 Å². The van der Waals surface area contributed by atoms with Crippen molar-refractivity contribution in [3.63, 3.8) is 0 Å². The molecular formula is C14H13ClN2O2S. The van der Waals surface area contributed by atoms with Crippen molar-refractivity contribution >= 4 is 44.8 Å². The lowest BCUT2D eigenvalue weighted by molar-refractivity contribution is -0.134. The molecule has 1 aromatic carbocycles. The summed E-state index contributed by atoms with van der Waals surface area (Å²) in [6.45, 7) is 0.532. The van der Waals surface area contributed by atoms with Gasteiger partial charge >= 0.3 is 0 Å². The predicted octanol–water partition coefficient (Wildman–Crippen LogP) is 2.45. The van der Waals surface area contributed by atoms with E-state index in [-0.39, 0.29) is 17.9 Å². The normalized spacial score (nSPS) is 19.4. The summed E-state index contributed by atoms with van der Waals surface area (Å²) in [5.41, 5.74) is 0. The first-order valence-electron chi connectivity index (χ1n) is 6.38. The zero-order valence-electron chi connectivity index (χ0n) is 10.6. The first kappa shape index (κ1) is 13.5. The van der Waals surface area contributed by atoms with E-state index >= 15 is 0 Å². The molecule has 1 atom stereocenters. The lowest BCUT2D eigenvalue weighted by Crippen LogP contribution is -2.50. The number of piperidine rings is 1. The van der Waals surface area contributed by atoms with Crippen LogP contribution in [0, 0.1) is 0 Å². The molecule has 0 bridgehead atoms. The van der Waals surface area contributed by atoms with Gasteiger partial charge in [-0.25, -0.2) is 0 Å². The number of nitrogens with one attached hydrogen (secondary N) is 2. The highest BCUT2D eigenvalue weighted by molar-refractivity contribution is 7.19. The van der Waals surface area contributed by atoms with Gasteiger partial charge in [0.2, 0.25) is 11.8 Å². The average molecular weight is 309 g/mol. The van der Waals surface area contributed by atoms with Crippen molar-refractivity contribution in [1.29, 1.82) is 0 Å². The standard InChI is InChI=1S/C14H13ClN2O2S/c15-13-8-3-1-2-4-10(8)20-11(13)7-16-9-5-6-12(18)17-14(9)19/h1-4,9,16H,5-7H2,(H,17,18,19). The monoisotopic (exact) mass is 308 g/mol. The fourth-order valence-corrected chi connectivity index (χ4v) is 3.73. The maximum atomic E-state index is 11.7. The molecule has 20 heavy (non-hydrogen) atoms. The van der Waals surface area contributed by atoms with Gasteiger partial charge in [0, 0.05) is 27.9 Å². The molecule has 3 rings (SSSR count). The van der Waals surface area contributed by atoms with Gasteiger partial charge < -0.3 is 5.32 Å². The molecule has 0 spiro atoms. The van der Waals surface area contributed by atoms with Crippen molar-refractivity contribution in [2.24, 2.45) is 0 Å². The number of imide groups is 1. The predicted molar refractivity (Wildman–Crippen MR) is 79.8 cm³/mol. The number of thiophene rings is 1. The van der Waals surface area contributed by atoms with E-state index in [0.29, 0.717) is 19.4 Å². The van der Waals surface area contributed by atoms with Crippen LogP contribution in [0.2, 0.25) is 5.02 Å². The van der Waals surface area contributed by atoms with Crippen LogP contribution in [-0.4, -0.2) is 17.9 Å². The van der Waals surface area contributed by atoms with Crippen LogP contribution in [0.25, 0.3) is 10.1 Å². The second-order valence-corrected chi connectivity index (χ2v) is 6.23. The van der Waals surface area contributed by atoms with E-state index in [9.17, 15) is 9.59 Å². The molecule has 6 heteroatoms. The SMILES string of the molecule is O=C1CCC(NCc2sc3ccccc3c2Cl)C(=O)N1. The fraction of sp³-hybridized carbons (Fsp3) is 0.286. The molecule has 104 valence electrons. The summed E-state index contributed by atoms with van der Waals surface area (Å²) in [5, 5.41) is 7.29. The summed E-state index contributed by atoms with van der Waals surface area (Å²) in [6.07, 6.45) is 0.913. The third-order valence-electron chi connectivity index (χ3n) is 3.35. The Kier molecular flexibility index (Phi) is 3.74. The molecule has 1 fully saturated rings. The number of rotatable bonds is 3. The molecule has 4 nitrogen and oxygen atoms in total. The minimum atomic E-state index is -0.325. The smallest absolute Gasteiger partial charge is 0.243 e. The fourth-order valence-electron chi connectivity index (χ4n) is 2.28. The first-order valence-corrected chi connectivity index (χ1v) is 7.57. The van der Waals surface area contributed by atoms with Gasteiger partial charge in [0.05, 0.1) is 11.1 Å². The van der Waals surface area contributed by atoms with Crippen molar-refractivity contribution in [2.45, 2.75) is 25.4 Å². The van der Waals surface area contributed by atoms with Gasteiger partial charge in [-0.1, -0.05) is 29.8 Å². The molecule has 1 aromatic heterocycles. The van der Waals surface area contributed by atoms with Crippen LogP contribution in [0.1, 0.15) is 17.7 Å². The van der Waals surface area contributed by atoms with E-state index < -0.39 is 0 Å². The molecule has 2 aromatic rings. The third-order valence-corrected chi connectivity index (χ3v) is 5.06. The Hall–Kier alpha value is -1.43. The second-order valence-electron chi connectivity index (χ2n) is 4.72. The number of hydrogen-bond acceptors (Lipinski definition) is 4. The first-order chi connectivity index (χ1) is 9.65. The Labute approximate surface area is 125 Å². The van der Waals surface area contributed by atoms with Gasteiger partial charge in [0.1, 0.15) is 0 Å². The summed E-state index contributed by atoms with van der Waals surface area (Å²) in [6, 6.07) is 7.63. The molecule has 0 aliphatic carbocycles. The Balaban J connectivity index is 1.72. The number of halogens is 1. The summed E-state index contributed by atoms with van der Waals surface area (Å²) in [5.74, 6) is -0.452. The highest BCUT2D eigenvalue weighted by Crippen LogP contribution is 2.35. The van der Waals surface area contributed by atoms with Crippen LogP contribution in [0.3, 0.4) is 0 Å². The molecule has 0 radical (unpaired) electrons. The van der Waals surface area contributed by atoms with E-state index in [0.717, 1.165) is 20.0 Å². The van der Waals surface area contributed by atoms with Gasteiger partial charge in [-0.15, -0.1) is 11.3 Å². The maximum Gasteiger partial charge on any atom is 0.243 e. The number of amides is 2. The maximum absolute atomic E-state index is 11.7. The molecule has 1 aliphatic heterocycles. The largest absolute Gasteiger partial charge is 0.301 e. The van der Waals surface area contributed by atoms with Gasteiger partial charge in [-0.3, -0.25) is 14.9 Å². The topological polar surface area (TPSA) is 58.2 Å². The second kappa shape index (κ2) is 5.52. The number of carbonyl (C=O) groups excluding carboxylic acids is 2. The van der Waals surface area contributed by atoms with E-state index in [1.165, 1.54) is 0 Å². The number of fused-ring (bicyclic) bond motifs is 1. The van der Waals surface area contributed by atoms with Gasteiger partial charge in [-0.05, 0) is 12.5 Å². The molecule has 1 aliphatic rings. The van der Waals surface area contributed by atoms with Crippen molar-refractivity contribution in [1.82, 2.24) is 10.6 Å². The minimum Gasteiger partial charge on any atom is -0.301 e. The van der Waals surface area contributed by atoms with Crippen molar-refractivity contribution in [2.75, 3.05) is 0 Å². The molecular weight excluding hydrogens is 296 g/mol. The Morgan fingerprint density at radius 3 is 2.90 bits per heavy atom. The van der Waals surface area contributed by atoms with E-state index in [1.54, 1.807) is 11.3 Å². The molecule has 2 N–H and O–H groups in total. The summed E-state index contributed by atoms with van der Waals surface area (Å²) in [4.78, 5) is 23.8. The highest BCUT2D eigenvalue weighted by Gasteiger charge is 2.26. The van der Waals surface area contributed by atoms with Crippen LogP contribution >= 0.6 is 22.9 Å². The van der Waals surface area contributed by atoms with Crippen LogP contribution in [0.15, 0.2) is 24.3 Å². The number of carbonyl (C=O) groups is 2. The minimum absolute atomic E-state index is 0.201. The zero-order valence-corrected chi connectivity index (χ0v) is 12.2. The van der Waals surface area contributed by atoms with Crippen LogP contribution in [-0.2, 0) is 16.1 Å². The molecule has 0 saturated carbocycles. The lowest BCUT2D eigenvalue weighted by atomic mass is 10.1. The number of benzene rings is 1. The Morgan fingerprint density at radius 2 is 2.15 bits per heavy atom. The lowest BCUT2D eigenvalue weighted by Gasteiger charge is -2.21. The van der Waals surface area contributed by atoms with Crippen molar-refractivity contribution in [3.05, 3.63) is 34.2 Å². The Morgan fingerprint density at radius 1 is 1.35 bits per heavy atom. The number of hydrogen-bond donors (Lipinski definition) is 2. The molecule has 1 saturated heterocycles. The molecule has 2 amide bonds. The van der Waals surface area contributed by atoms with Crippen LogP contribution < -0.4 is 10.6 Å². The summed E-state index contributed by atoms with van der Waals surface area (Å²) in [7, 11) is 0. The van der Waals surface area contributed by atoms with Crippen molar-refractivity contribution in [3.8, 4) is 0 Å². The molecule has 1 unspecified atom stereocenters. The van der Waals surface area contributed by atoms with Gasteiger partial charge in [0.15, 0.2) is 0 Å². The average Bonchev–Trinajstić information content (AvgIpc) is 2.75. The van der Waals surface area contributed by atoms with Crippen molar-refractivity contribution < 1.29 is 9.59 Å². The van der Waals surface area contributed by atoms with E-state index in [2.05, 4.69) is 10.6 Å². The zero-order chi connectivity index (χ0) is 14.1. The summed E-state index contributed by atoms with van der Waals surface area (Å²) < 4.78 is 1.14. The Bertz CT molecular complexity index is 683. The van der Waals surface area contributed by atoms with E-state index in [1.807, 2.05) is 24.3 Å². The summed E-state index contributed by atoms with van der Waals surface area (Å²) >= 11 is 7.97. The third kappa shape index (κ3) is 2.57.